The lowest BCUT2D eigenvalue weighted by Crippen LogP contribution is -2.03. The summed E-state index contributed by atoms with van der Waals surface area (Å²) in [6.07, 6.45) is 0. The number of hydrogen-bond acceptors (Lipinski definition) is 4. The van der Waals surface area contributed by atoms with Crippen LogP contribution in [0.25, 0.3) is 10.8 Å². The highest BCUT2D eigenvalue weighted by Gasteiger charge is 2.20. The maximum Gasteiger partial charge on any atom is 0.196 e. The molecule has 0 saturated heterocycles. The molecule has 0 aliphatic heterocycles. The lowest BCUT2D eigenvalue weighted by molar-refractivity contribution is 0.103. The Balaban J connectivity index is 2.25. The van der Waals surface area contributed by atoms with Crippen LogP contribution >= 0.6 is 31.9 Å². The Kier molecular flexibility index (Phi) is 5.25. The van der Waals surface area contributed by atoms with Gasteiger partial charge in [-0.05, 0) is 63.0 Å². The number of methoxy groups -OCH3 is 2. The van der Waals surface area contributed by atoms with E-state index in [4.69, 9.17) is 9.47 Å². The Morgan fingerprint density at radius 2 is 1.54 bits per heavy atom. The minimum Gasteiger partial charge on any atom is -0.507 e. The molecule has 4 nitrogen and oxygen atoms in total. The molecule has 26 heavy (non-hydrogen) atoms. The summed E-state index contributed by atoms with van der Waals surface area (Å²) in [5, 5.41) is 11.6. The first-order valence-corrected chi connectivity index (χ1v) is 9.34. The fourth-order valence-electron chi connectivity index (χ4n) is 2.89. The van der Waals surface area contributed by atoms with Crippen molar-refractivity contribution >= 4 is 48.4 Å². The average molecular weight is 480 g/mol. The van der Waals surface area contributed by atoms with Crippen LogP contribution in [0.3, 0.4) is 0 Å². The topological polar surface area (TPSA) is 55.8 Å². The molecular formula is C20H16Br2O4. The summed E-state index contributed by atoms with van der Waals surface area (Å²) in [6.45, 7) is 1.87. The minimum absolute atomic E-state index is 0.0396. The summed E-state index contributed by atoms with van der Waals surface area (Å²) < 4.78 is 12.5. The molecule has 0 fully saturated rings. The van der Waals surface area contributed by atoms with Gasteiger partial charge in [0.2, 0.25) is 0 Å². The molecule has 0 radical (unpaired) electrons. The number of ether oxygens (including phenoxy) is 2. The van der Waals surface area contributed by atoms with Gasteiger partial charge in [-0.3, -0.25) is 4.79 Å². The van der Waals surface area contributed by atoms with Gasteiger partial charge in [-0.1, -0.05) is 17.7 Å². The molecule has 0 aliphatic carbocycles. The Morgan fingerprint density at radius 1 is 0.923 bits per heavy atom. The molecule has 0 aliphatic rings. The second kappa shape index (κ2) is 7.29. The van der Waals surface area contributed by atoms with E-state index in [0.717, 1.165) is 20.8 Å². The molecule has 134 valence electrons. The maximum atomic E-state index is 12.9. The molecule has 3 aromatic carbocycles. The van der Waals surface area contributed by atoms with Gasteiger partial charge in [0, 0.05) is 16.3 Å². The molecule has 0 amide bonds. The smallest absolute Gasteiger partial charge is 0.196 e. The van der Waals surface area contributed by atoms with Crippen LogP contribution in [0, 0.1) is 6.92 Å². The molecule has 3 rings (SSSR count). The number of rotatable bonds is 4. The van der Waals surface area contributed by atoms with Crippen LogP contribution < -0.4 is 9.47 Å². The van der Waals surface area contributed by atoms with Crippen molar-refractivity contribution in [2.75, 3.05) is 14.2 Å². The van der Waals surface area contributed by atoms with Crippen LogP contribution in [0.2, 0.25) is 0 Å². The second-order valence-corrected chi connectivity index (χ2v) is 7.39. The van der Waals surface area contributed by atoms with Gasteiger partial charge in [0.1, 0.15) is 17.2 Å². The lowest BCUT2D eigenvalue weighted by atomic mass is 9.97. The molecule has 0 bridgehead atoms. The first-order valence-electron chi connectivity index (χ1n) is 7.76. The van der Waals surface area contributed by atoms with E-state index in [-0.39, 0.29) is 17.1 Å². The van der Waals surface area contributed by atoms with Gasteiger partial charge in [0.05, 0.1) is 28.7 Å². The molecule has 0 spiro atoms. The highest BCUT2D eigenvalue weighted by molar-refractivity contribution is 9.13. The highest BCUT2D eigenvalue weighted by atomic mass is 79.9. The van der Waals surface area contributed by atoms with Crippen LogP contribution in [0.15, 0.2) is 45.3 Å². The Bertz CT molecular complexity index is 1030. The monoisotopic (exact) mass is 478 g/mol. The highest BCUT2D eigenvalue weighted by Crippen LogP contribution is 2.47. The Labute approximate surface area is 168 Å². The predicted molar refractivity (Wildman–Crippen MR) is 109 cm³/mol. The maximum absolute atomic E-state index is 12.9. The zero-order valence-electron chi connectivity index (χ0n) is 14.4. The van der Waals surface area contributed by atoms with Crippen molar-refractivity contribution in [2.24, 2.45) is 0 Å². The van der Waals surface area contributed by atoms with Gasteiger partial charge in [0.25, 0.3) is 0 Å². The number of carbonyl (C=O) groups is 1. The van der Waals surface area contributed by atoms with E-state index in [1.807, 2.05) is 13.0 Å². The molecule has 0 atom stereocenters. The molecule has 1 N–H and O–H groups in total. The van der Waals surface area contributed by atoms with E-state index in [9.17, 15) is 9.90 Å². The number of carbonyl (C=O) groups excluding carboxylic acids is 1. The largest absolute Gasteiger partial charge is 0.507 e. The quantitative estimate of drug-likeness (QED) is 0.493. The molecule has 0 unspecified atom stereocenters. The number of aromatic hydroxyl groups is 1. The van der Waals surface area contributed by atoms with E-state index in [1.165, 1.54) is 6.07 Å². The van der Waals surface area contributed by atoms with E-state index >= 15 is 0 Å². The number of ketones is 1. The normalized spacial score (nSPS) is 10.8. The zero-order valence-corrected chi connectivity index (χ0v) is 17.6. The van der Waals surface area contributed by atoms with Gasteiger partial charge in [0.15, 0.2) is 5.78 Å². The standard InChI is InChI=1S/C20H16Br2O4/c1-10-4-7-15(23)14(8-10)18(24)11-5-6-12-13(9-11)20(26-3)17(22)16(21)19(12)25-2/h4-9,23H,1-3H3. The molecule has 0 heterocycles. The number of hydrogen-bond donors (Lipinski definition) is 1. The lowest BCUT2D eigenvalue weighted by Gasteiger charge is -2.15. The van der Waals surface area contributed by atoms with Crippen LogP contribution in [-0.4, -0.2) is 25.1 Å². The first kappa shape index (κ1) is 18.7. The summed E-state index contributed by atoms with van der Waals surface area (Å²) in [5.74, 6) is 0.941. The Morgan fingerprint density at radius 3 is 2.15 bits per heavy atom. The Hall–Kier alpha value is -2.05. The number of halogens is 2. The van der Waals surface area contributed by atoms with Crippen molar-refractivity contribution in [3.8, 4) is 17.2 Å². The summed E-state index contributed by atoms with van der Waals surface area (Å²) in [4.78, 5) is 12.9. The molecule has 3 aromatic rings. The van der Waals surface area contributed by atoms with Crippen molar-refractivity contribution in [3.63, 3.8) is 0 Å². The van der Waals surface area contributed by atoms with Crippen LogP contribution in [0.4, 0.5) is 0 Å². The third-order valence-corrected chi connectivity index (χ3v) is 6.21. The number of benzene rings is 3. The molecule has 6 heteroatoms. The van der Waals surface area contributed by atoms with Gasteiger partial charge in [-0.2, -0.15) is 0 Å². The summed E-state index contributed by atoms with van der Waals surface area (Å²) >= 11 is 7.01. The first-order chi connectivity index (χ1) is 12.4. The second-order valence-electron chi connectivity index (χ2n) is 5.80. The number of phenolic OH excluding ortho intramolecular Hbond substituents is 1. The van der Waals surface area contributed by atoms with E-state index in [0.29, 0.717) is 21.5 Å². The summed E-state index contributed by atoms with van der Waals surface area (Å²) in [7, 11) is 3.15. The van der Waals surface area contributed by atoms with Crippen LogP contribution in [-0.2, 0) is 0 Å². The molecule has 0 saturated carbocycles. The summed E-state index contributed by atoms with van der Waals surface area (Å²) in [6, 6.07) is 10.2. The van der Waals surface area contributed by atoms with Crippen molar-refractivity contribution in [3.05, 3.63) is 62.0 Å². The van der Waals surface area contributed by atoms with Gasteiger partial charge < -0.3 is 14.6 Å². The third kappa shape index (κ3) is 3.08. The SMILES string of the molecule is COc1c(Br)c(Br)c(OC)c2cc(C(=O)c3cc(C)ccc3O)ccc12. The van der Waals surface area contributed by atoms with E-state index < -0.39 is 0 Å². The third-order valence-electron chi connectivity index (χ3n) is 4.17. The van der Waals surface area contributed by atoms with Crippen molar-refractivity contribution in [2.45, 2.75) is 6.92 Å². The van der Waals surface area contributed by atoms with Gasteiger partial charge in [-0.15, -0.1) is 0 Å². The average Bonchev–Trinajstić information content (AvgIpc) is 2.64. The molecular weight excluding hydrogens is 464 g/mol. The van der Waals surface area contributed by atoms with Crippen LogP contribution in [0.1, 0.15) is 21.5 Å². The minimum atomic E-state index is -0.256. The molecule has 0 aromatic heterocycles. The van der Waals surface area contributed by atoms with Gasteiger partial charge in [-0.25, -0.2) is 0 Å². The van der Waals surface area contributed by atoms with E-state index in [2.05, 4.69) is 31.9 Å². The predicted octanol–water partition coefficient (Wildman–Crippen LogP) is 5.63. The van der Waals surface area contributed by atoms with Gasteiger partial charge >= 0.3 is 0 Å². The summed E-state index contributed by atoms with van der Waals surface area (Å²) in [5.41, 5.74) is 1.62. The van der Waals surface area contributed by atoms with E-state index in [1.54, 1.807) is 38.5 Å². The number of phenols is 1. The zero-order chi connectivity index (χ0) is 19.0. The van der Waals surface area contributed by atoms with Crippen molar-refractivity contribution in [1.29, 1.82) is 0 Å². The van der Waals surface area contributed by atoms with Crippen molar-refractivity contribution < 1.29 is 19.4 Å². The number of aryl methyl sites for hydroxylation is 1. The van der Waals surface area contributed by atoms with Crippen LogP contribution in [0.5, 0.6) is 17.2 Å². The number of fused-ring (bicyclic) bond motifs is 1. The fraction of sp³-hybridized carbons (Fsp3) is 0.150. The van der Waals surface area contributed by atoms with Crippen molar-refractivity contribution in [1.82, 2.24) is 0 Å². The fourth-order valence-corrected chi connectivity index (χ4v) is 4.00.